The van der Waals surface area contributed by atoms with Crippen LogP contribution in [-0.2, 0) is 12.0 Å². The average molecular weight is 334 g/mol. The molecule has 2 aliphatic rings. The molecule has 0 radical (unpaired) electrons. The molecule has 1 fully saturated rings. The standard InChI is InChI=1S/C18H24FN2OP/c1-3-7-15-18(20-16(22)21(15)12-17(2,19)23)11-6-9-13-8-4-5-10-14(13)18/h4-5,7-8,10H,3,6,9,11-12,23H2,1-2H3,(H,20,22)/b15-7-. The summed E-state index contributed by atoms with van der Waals surface area (Å²) in [6.07, 6.45) is 5.77. The number of hydrogen-bond donors (Lipinski definition) is 1. The molecule has 124 valence electrons. The zero-order chi connectivity index (χ0) is 16.7. The molecule has 3 rings (SSSR count). The first-order valence-corrected chi connectivity index (χ1v) is 8.81. The second-order valence-corrected chi connectivity index (χ2v) is 7.91. The Labute approximate surface area is 139 Å². The molecule has 3 nitrogen and oxygen atoms in total. The first-order chi connectivity index (χ1) is 10.9. The molecule has 2 amide bonds. The van der Waals surface area contributed by atoms with Crippen LogP contribution in [0.15, 0.2) is 36.0 Å². The van der Waals surface area contributed by atoms with Gasteiger partial charge in [0.15, 0.2) is 0 Å². The monoisotopic (exact) mass is 334 g/mol. The predicted molar refractivity (Wildman–Crippen MR) is 93.9 cm³/mol. The second kappa shape index (κ2) is 5.90. The van der Waals surface area contributed by atoms with Crippen molar-refractivity contribution in [3.05, 3.63) is 47.2 Å². The molecule has 0 saturated carbocycles. The Morgan fingerprint density at radius 1 is 1.48 bits per heavy atom. The van der Waals surface area contributed by atoms with Gasteiger partial charge in [0.1, 0.15) is 10.9 Å². The van der Waals surface area contributed by atoms with Crippen molar-refractivity contribution in [3.63, 3.8) is 0 Å². The average Bonchev–Trinajstić information content (AvgIpc) is 2.72. The predicted octanol–water partition coefficient (Wildman–Crippen LogP) is 4.10. The van der Waals surface area contributed by atoms with Gasteiger partial charge >= 0.3 is 6.03 Å². The fourth-order valence-electron chi connectivity index (χ4n) is 3.83. The van der Waals surface area contributed by atoms with Crippen LogP contribution in [0.25, 0.3) is 0 Å². The Morgan fingerprint density at radius 3 is 2.91 bits per heavy atom. The minimum Gasteiger partial charge on any atom is -0.323 e. The number of alkyl halides is 1. The maximum atomic E-state index is 14.2. The molecule has 3 unspecified atom stereocenters. The summed E-state index contributed by atoms with van der Waals surface area (Å²) >= 11 is 0. The summed E-state index contributed by atoms with van der Waals surface area (Å²) < 4.78 is 14.2. The van der Waals surface area contributed by atoms with E-state index in [4.69, 9.17) is 0 Å². The van der Waals surface area contributed by atoms with E-state index in [0.717, 1.165) is 36.9 Å². The lowest BCUT2D eigenvalue weighted by molar-refractivity contribution is 0.199. The number of hydrogen-bond acceptors (Lipinski definition) is 1. The summed E-state index contributed by atoms with van der Waals surface area (Å²) in [5.41, 5.74) is 2.84. The van der Waals surface area contributed by atoms with Crippen molar-refractivity contribution in [2.45, 2.75) is 50.5 Å². The van der Waals surface area contributed by atoms with E-state index >= 15 is 0 Å². The molecule has 1 aromatic rings. The van der Waals surface area contributed by atoms with Crippen LogP contribution in [0.5, 0.6) is 0 Å². The van der Waals surface area contributed by atoms with Gasteiger partial charge in [0, 0.05) is 5.70 Å². The number of amides is 2. The maximum absolute atomic E-state index is 14.2. The fraction of sp³-hybridized carbons (Fsp3) is 0.500. The van der Waals surface area contributed by atoms with Crippen molar-refractivity contribution >= 4 is 15.3 Å². The summed E-state index contributed by atoms with van der Waals surface area (Å²) in [6.45, 7) is 3.57. The van der Waals surface area contributed by atoms with E-state index in [0.29, 0.717) is 0 Å². The van der Waals surface area contributed by atoms with E-state index in [1.807, 2.05) is 19.1 Å². The van der Waals surface area contributed by atoms with E-state index < -0.39 is 10.9 Å². The molecule has 1 heterocycles. The highest BCUT2D eigenvalue weighted by molar-refractivity contribution is 7.18. The van der Waals surface area contributed by atoms with Crippen LogP contribution in [0.4, 0.5) is 9.18 Å². The van der Waals surface area contributed by atoms with Crippen LogP contribution < -0.4 is 5.32 Å². The van der Waals surface area contributed by atoms with E-state index in [1.54, 1.807) is 4.90 Å². The lowest BCUT2D eigenvalue weighted by Gasteiger charge is -2.37. The molecule has 1 aromatic carbocycles. The highest BCUT2D eigenvalue weighted by atomic mass is 31.0. The third-order valence-corrected chi connectivity index (χ3v) is 4.82. The summed E-state index contributed by atoms with van der Waals surface area (Å²) in [6, 6.07) is 8.07. The molecule has 0 bridgehead atoms. The number of rotatable bonds is 3. The van der Waals surface area contributed by atoms with E-state index in [2.05, 4.69) is 32.8 Å². The highest BCUT2D eigenvalue weighted by Crippen LogP contribution is 2.46. The quantitative estimate of drug-likeness (QED) is 0.830. The van der Waals surface area contributed by atoms with Crippen molar-refractivity contribution in [1.82, 2.24) is 10.2 Å². The first kappa shape index (κ1) is 16.4. The van der Waals surface area contributed by atoms with Crippen LogP contribution in [0.1, 0.15) is 44.2 Å². The fourth-order valence-corrected chi connectivity index (χ4v) is 4.01. The third kappa shape index (κ3) is 2.89. The smallest absolute Gasteiger partial charge is 0.322 e. The molecule has 1 aliphatic heterocycles. The molecule has 5 heteroatoms. The van der Waals surface area contributed by atoms with Crippen molar-refractivity contribution in [2.75, 3.05) is 6.54 Å². The van der Waals surface area contributed by atoms with Gasteiger partial charge in [-0.05, 0) is 43.7 Å². The zero-order valence-corrected chi connectivity index (χ0v) is 14.9. The SMILES string of the molecule is CC/C=C1\N(CC(C)(F)P)C(=O)NC12CCCc1ccccc12. The topological polar surface area (TPSA) is 32.3 Å². The van der Waals surface area contributed by atoms with Gasteiger partial charge in [0.25, 0.3) is 0 Å². The Bertz CT molecular complexity index is 653. The number of urea groups is 1. The van der Waals surface area contributed by atoms with Gasteiger partial charge in [0.05, 0.1) is 6.54 Å². The Balaban J connectivity index is 2.10. The van der Waals surface area contributed by atoms with Crippen LogP contribution >= 0.6 is 9.24 Å². The van der Waals surface area contributed by atoms with Crippen molar-refractivity contribution in [3.8, 4) is 0 Å². The third-order valence-electron chi connectivity index (χ3n) is 4.63. The molecular formula is C18H24FN2OP. The van der Waals surface area contributed by atoms with Crippen LogP contribution in [0.2, 0.25) is 0 Å². The van der Waals surface area contributed by atoms with Crippen LogP contribution in [0.3, 0.4) is 0 Å². The molecule has 1 spiro atoms. The number of benzene rings is 1. The number of aryl methyl sites for hydroxylation is 1. The molecule has 1 saturated heterocycles. The van der Waals surface area contributed by atoms with Gasteiger partial charge in [0.2, 0.25) is 0 Å². The molecule has 1 aliphatic carbocycles. The van der Waals surface area contributed by atoms with Gasteiger partial charge < -0.3 is 5.32 Å². The largest absolute Gasteiger partial charge is 0.323 e. The first-order valence-electron chi connectivity index (χ1n) is 8.24. The van der Waals surface area contributed by atoms with Crippen LogP contribution in [0, 0.1) is 0 Å². The Kier molecular flexibility index (Phi) is 4.22. The Hall–Kier alpha value is -1.41. The van der Waals surface area contributed by atoms with Crippen molar-refractivity contribution in [1.29, 1.82) is 0 Å². The Morgan fingerprint density at radius 2 is 2.22 bits per heavy atom. The minimum absolute atomic E-state index is 0.0409. The zero-order valence-electron chi connectivity index (χ0n) is 13.7. The lowest BCUT2D eigenvalue weighted by atomic mass is 9.74. The number of carbonyl (C=O) groups is 1. The highest BCUT2D eigenvalue weighted by Gasteiger charge is 2.51. The molecule has 0 aromatic heterocycles. The molecule has 1 N–H and O–H groups in total. The van der Waals surface area contributed by atoms with E-state index in [9.17, 15) is 9.18 Å². The summed E-state index contributed by atoms with van der Waals surface area (Å²) in [7, 11) is 2.19. The number of nitrogens with zero attached hydrogens (tertiary/aromatic N) is 1. The van der Waals surface area contributed by atoms with Crippen molar-refractivity contribution < 1.29 is 9.18 Å². The van der Waals surface area contributed by atoms with Gasteiger partial charge in [-0.3, -0.25) is 4.90 Å². The maximum Gasteiger partial charge on any atom is 0.322 e. The lowest BCUT2D eigenvalue weighted by Crippen LogP contribution is -2.42. The normalized spacial score (nSPS) is 27.9. The van der Waals surface area contributed by atoms with Crippen molar-refractivity contribution in [2.24, 2.45) is 0 Å². The number of nitrogens with one attached hydrogen (secondary N) is 1. The van der Waals surface area contributed by atoms with Gasteiger partial charge in [-0.15, -0.1) is 0 Å². The molecule has 23 heavy (non-hydrogen) atoms. The summed E-state index contributed by atoms with van der Waals surface area (Å²) in [5, 5.41) is 1.67. The summed E-state index contributed by atoms with van der Waals surface area (Å²) in [4.78, 5) is 14.2. The van der Waals surface area contributed by atoms with E-state index in [-0.39, 0.29) is 12.6 Å². The van der Waals surface area contributed by atoms with Gasteiger partial charge in [-0.2, -0.15) is 0 Å². The number of halogens is 1. The second-order valence-electron chi connectivity index (χ2n) is 6.71. The van der Waals surface area contributed by atoms with Crippen LogP contribution in [-0.4, -0.2) is 22.9 Å². The summed E-state index contributed by atoms with van der Waals surface area (Å²) in [5.74, 6) is 0. The van der Waals surface area contributed by atoms with Gasteiger partial charge in [-0.25, -0.2) is 9.18 Å². The number of allylic oxidation sites excluding steroid dienone is 1. The minimum atomic E-state index is -1.51. The van der Waals surface area contributed by atoms with Gasteiger partial charge in [-0.1, -0.05) is 46.5 Å². The van der Waals surface area contributed by atoms with E-state index in [1.165, 1.54) is 12.5 Å². The molecule has 3 atom stereocenters. The molecular weight excluding hydrogens is 310 g/mol. The number of carbonyl (C=O) groups excluding carboxylic acids is 1. The number of fused-ring (bicyclic) bond motifs is 2.